The Labute approximate surface area is 146 Å². The lowest BCUT2D eigenvalue weighted by molar-refractivity contribution is -0.122. The van der Waals surface area contributed by atoms with E-state index in [-0.39, 0.29) is 5.57 Å². The summed E-state index contributed by atoms with van der Waals surface area (Å²) in [6, 6.07) is 7.83. The zero-order valence-corrected chi connectivity index (χ0v) is 14.5. The highest BCUT2D eigenvalue weighted by atomic mass is 79.9. The number of carbonyl (C=O) groups excluding carboxylic acids is 3. The molecule has 1 N–H and O–H groups in total. The van der Waals surface area contributed by atoms with Gasteiger partial charge in [-0.3, -0.25) is 14.9 Å². The van der Waals surface area contributed by atoms with Gasteiger partial charge < -0.3 is 4.42 Å². The minimum atomic E-state index is -0.771. The SMILES string of the molecule is Cc1cc(C)cc(N2C(=O)NC(=O)C(=Cc3ccc(Br)o3)C2=O)c1. The monoisotopic (exact) mass is 388 g/mol. The molecule has 0 spiro atoms. The number of aryl methyl sites for hydroxylation is 2. The van der Waals surface area contributed by atoms with E-state index in [4.69, 9.17) is 4.42 Å². The van der Waals surface area contributed by atoms with E-state index in [1.807, 2.05) is 19.9 Å². The average molecular weight is 389 g/mol. The maximum absolute atomic E-state index is 12.7. The Morgan fingerprint density at radius 3 is 2.33 bits per heavy atom. The smallest absolute Gasteiger partial charge is 0.335 e. The van der Waals surface area contributed by atoms with Crippen LogP contribution in [-0.2, 0) is 9.59 Å². The fourth-order valence-corrected chi connectivity index (χ4v) is 2.84. The number of amides is 4. The van der Waals surface area contributed by atoms with Crippen LogP contribution in [-0.4, -0.2) is 17.8 Å². The average Bonchev–Trinajstić information content (AvgIpc) is 2.87. The van der Waals surface area contributed by atoms with E-state index in [0.717, 1.165) is 16.0 Å². The van der Waals surface area contributed by atoms with Gasteiger partial charge in [-0.25, -0.2) is 9.69 Å². The van der Waals surface area contributed by atoms with Crippen molar-refractivity contribution in [2.24, 2.45) is 0 Å². The highest BCUT2D eigenvalue weighted by Crippen LogP contribution is 2.25. The third-order valence-electron chi connectivity index (χ3n) is 3.45. The number of nitrogens with one attached hydrogen (secondary N) is 1. The normalized spacial score (nSPS) is 16.7. The van der Waals surface area contributed by atoms with Crippen LogP contribution in [0, 0.1) is 13.8 Å². The molecular weight excluding hydrogens is 376 g/mol. The Balaban J connectivity index is 2.04. The van der Waals surface area contributed by atoms with E-state index in [9.17, 15) is 14.4 Å². The first-order valence-electron chi connectivity index (χ1n) is 7.10. The number of nitrogens with zero attached hydrogens (tertiary/aromatic N) is 1. The van der Waals surface area contributed by atoms with Crippen LogP contribution in [0.15, 0.2) is 45.0 Å². The number of carbonyl (C=O) groups is 3. The largest absolute Gasteiger partial charge is 0.450 e. The molecule has 0 aliphatic carbocycles. The van der Waals surface area contributed by atoms with Gasteiger partial charge in [0.25, 0.3) is 11.8 Å². The molecule has 0 bridgehead atoms. The van der Waals surface area contributed by atoms with E-state index in [2.05, 4.69) is 21.2 Å². The van der Waals surface area contributed by atoms with Gasteiger partial charge >= 0.3 is 6.03 Å². The third kappa shape index (κ3) is 3.03. The molecule has 1 aromatic carbocycles. The molecule has 0 atom stereocenters. The van der Waals surface area contributed by atoms with Crippen LogP contribution in [0.5, 0.6) is 0 Å². The number of hydrogen-bond donors (Lipinski definition) is 1. The Morgan fingerprint density at radius 2 is 1.75 bits per heavy atom. The van der Waals surface area contributed by atoms with Crippen LogP contribution >= 0.6 is 15.9 Å². The van der Waals surface area contributed by atoms with Gasteiger partial charge in [-0.2, -0.15) is 0 Å². The highest BCUT2D eigenvalue weighted by Gasteiger charge is 2.37. The maximum Gasteiger partial charge on any atom is 0.335 e. The predicted molar refractivity (Wildman–Crippen MR) is 91.3 cm³/mol. The lowest BCUT2D eigenvalue weighted by Crippen LogP contribution is -2.54. The van der Waals surface area contributed by atoms with Crippen LogP contribution in [0.4, 0.5) is 10.5 Å². The standard InChI is InChI=1S/C17H13BrN2O4/c1-9-5-10(2)7-11(6-9)20-16(22)13(15(21)19-17(20)23)8-12-3-4-14(18)24-12/h3-8H,1-2H3,(H,19,21,23). The van der Waals surface area contributed by atoms with Crippen molar-refractivity contribution in [3.05, 3.63) is 57.5 Å². The number of anilines is 1. The summed E-state index contributed by atoms with van der Waals surface area (Å²) in [5.74, 6) is -1.12. The Kier molecular flexibility index (Phi) is 4.11. The number of hydrogen-bond acceptors (Lipinski definition) is 4. The quantitative estimate of drug-likeness (QED) is 0.631. The van der Waals surface area contributed by atoms with Gasteiger partial charge in [0.15, 0.2) is 4.67 Å². The molecule has 6 nitrogen and oxygen atoms in total. The summed E-state index contributed by atoms with van der Waals surface area (Å²) in [6.45, 7) is 3.73. The fraction of sp³-hybridized carbons (Fsp3) is 0.118. The second-order valence-corrected chi connectivity index (χ2v) is 6.23. The van der Waals surface area contributed by atoms with E-state index in [0.29, 0.717) is 16.1 Å². The first-order valence-corrected chi connectivity index (χ1v) is 7.89. The molecule has 7 heteroatoms. The number of rotatable bonds is 2. The molecule has 0 unspecified atom stereocenters. The summed E-state index contributed by atoms with van der Waals surface area (Å²) in [6.07, 6.45) is 1.31. The van der Waals surface area contributed by atoms with Crippen LogP contribution in [0.25, 0.3) is 6.08 Å². The number of urea groups is 1. The van der Waals surface area contributed by atoms with Gasteiger partial charge in [0.05, 0.1) is 5.69 Å². The van der Waals surface area contributed by atoms with E-state index in [1.54, 1.807) is 24.3 Å². The van der Waals surface area contributed by atoms with Crippen molar-refractivity contribution < 1.29 is 18.8 Å². The Bertz CT molecular complexity index is 877. The van der Waals surface area contributed by atoms with Crippen LogP contribution in [0.3, 0.4) is 0 Å². The first-order chi connectivity index (χ1) is 11.3. The topological polar surface area (TPSA) is 79.6 Å². The van der Waals surface area contributed by atoms with Crippen molar-refractivity contribution in [3.63, 3.8) is 0 Å². The molecule has 24 heavy (non-hydrogen) atoms. The molecule has 3 rings (SSSR count). The second kappa shape index (κ2) is 6.09. The number of benzene rings is 1. The molecular formula is C17H13BrN2O4. The summed E-state index contributed by atoms with van der Waals surface area (Å²) in [4.78, 5) is 37.8. The second-order valence-electron chi connectivity index (χ2n) is 5.45. The predicted octanol–water partition coefficient (Wildman–Crippen LogP) is 3.33. The summed E-state index contributed by atoms with van der Waals surface area (Å²) < 4.78 is 5.77. The lowest BCUT2D eigenvalue weighted by Gasteiger charge is -2.26. The molecule has 0 saturated carbocycles. The number of imide groups is 2. The molecule has 1 aliphatic heterocycles. The molecule has 1 aromatic heterocycles. The molecule has 2 heterocycles. The molecule has 2 aromatic rings. The fourth-order valence-electron chi connectivity index (χ4n) is 2.52. The zero-order valence-electron chi connectivity index (χ0n) is 12.9. The molecule has 1 saturated heterocycles. The molecule has 1 aliphatic rings. The van der Waals surface area contributed by atoms with Crippen molar-refractivity contribution in [1.29, 1.82) is 0 Å². The summed E-state index contributed by atoms with van der Waals surface area (Å²) >= 11 is 3.16. The van der Waals surface area contributed by atoms with Gasteiger partial charge in [0.1, 0.15) is 11.3 Å². The lowest BCUT2D eigenvalue weighted by atomic mass is 10.1. The number of barbiturate groups is 1. The van der Waals surface area contributed by atoms with Crippen molar-refractivity contribution in [2.45, 2.75) is 13.8 Å². The summed E-state index contributed by atoms with van der Waals surface area (Å²) in [5, 5.41) is 2.18. The summed E-state index contributed by atoms with van der Waals surface area (Å²) in [7, 11) is 0. The van der Waals surface area contributed by atoms with Gasteiger partial charge in [-0.15, -0.1) is 0 Å². The molecule has 1 fully saturated rings. The van der Waals surface area contributed by atoms with Gasteiger partial charge in [0.2, 0.25) is 0 Å². The van der Waals surface area contributed by atoms with Gasteiger partial charge in [-0.05, 0) is 71.2 Å². The van der Waals surface area contributed by atoms with Crippen molar-refractivity contribution in [1.82, 2.24) is 5.32 Å². The van der Waals surface area contributed by atoms with Crippen molar-refractivity contribution in [2.75, 3.05) is 4.90 Å². The maximum atomic E-state index is 12.7. The van der Waals surface area contributed by atoms with Gasteiger partial charge in [-0.1, -0.05) is 6.07 Å². The van der Waals surface area contributed by atoms with E-state index in [1.165, 1.54) is 6.08 Å². The summed E-state index contributed by atoms with van der Waals surface area (Å²) in [5.41, 5.74) is 2.05. The number of furan rings is 1. The molecule has 122 valence electrons. The third-order valence-corrected chi connectivity index (χ3v) is 3.87. The van der Waals surface area contributed by atoms with E-state index >= 15 is 0 Å². The Hall–Kier alpha value is -2.67. The van der Waals surface area contributed by atoms with Crippen molar-refractivity contribution >= 4 is 45.5 Å². The number of halogens is 1. The Morgan fingerprint density at radius 1 is 1.08 bits per heavy atom. The van der Waals surface area contributed by atoms with E-state index < -0.39 is 17.8 Å². The first kappa shape index (κ1) is 16.2. The minimum Gasteiger partial charge on any atom is -0.450 e. The van der Waals surface area contributed by atoms with Gasteiger partial charge in [0, 0.05) is 0 Å². The van der Waals surface area contributed by atoms with Crippen LogP contribution < -0.4 is 10.2 Å². The molecule has 4 amide bonds. The zero-order chi connectivity index (χ0) is 17.4. The van der Waals surface area contributed by atoms with Crippen molar-refractivity contribution in [3.8, 4) is 0 Å². The highest BCUT2D eigenvalue weighted by molar-refractivity contribution is 9.10. The molecule has 0 radical (unpaired) electrons. The van der Waals surface area contributed by atoms with Crippen LogP contribution in [0.2, 0.25) is 0 Å². The van der Waals surface area contributed by atoms with Crippen LogP contribution in [0.1, 0.15) is 16.9 Å². The minimum absolute atomic E-state index is 0.171.